The lowest BCUT2D eigenvalue weighted by atomic mass is 10.2. The van der Waals surface area contributed by atoms with E-state index in [4.69, 9.17) is 0 Å². The van der Waals surface area contributed by atoms with E-state index < -0.39 is 9.84 Å². The van der Waals surface area contributed by atoms with E-state index in [2.05, 4.69) is 10.3 Å². The van der Waals surface area contributed by atoms with Crippen LogP contribution in [0.4, 0.5) is 5.69 Å². The molecule has 0 aliphatic rings. The highest BCUT2D eigenvalue weighted by atomic mass is 32.2. The number of anilines is 1. The molecule has 0 saturated carbocycles. The summed E-state index contributed by atoms with van der Waals surface area (Å²) in [5.41, 5.74) is 2.92. The Morgan fingerprint density at radius 3 is 2.60 bits per heavy atom. The van der Waals surface area contributed by atoms with Gasteiger partial charge < -0.3 is 5.32 Å². The van der Waals surface area contributed by atoms with Crippen LogP contribution in [0, 0.1) is 13.8 Å². The zero-order valence-electron chi connectivity index (χ0n) is 13.9. The monoisotopic (exact) mass is 392 g/mol. The van der Waals surface area contributed by atoms with Crippen molar-refractivity contribution in [1.29, 1.82) is 0 Å². The summed E-state index contributed by atoms with van der Waals surface area (Å²) in [6, 6.07) is 6.67. The summed E-state index contributed by atoms with van der Waals surface area (Å²) in [7, 11) is -3.34. The molecule has 0 fully saturated rings. The zero-order valence-corrected chi connectivity index (χ0v) is 16.3. The summed E-state index contributed by atoms with van der Waals surface area (Å²) >= 11 is 2.90. The number of rotatable bonds is 4. The van der Waals surface area contributed by atoms with Gasteiger partial charge in [-0.2, -0.15) is 11.3 Å². The van der Waals surface area contributed by atoms with Gasteiger partial charge in [-0.25, -0.2) is 13.4 Å². The molecule has 0 bridgehead atoms. The Bertz CT molecular complexity index is 1040. The number of nitrogens with zero attached hydrogens (tertiary/aromatic N) is 1. The summed E-state index contributed by atoms with van der Waals surface area (Å²) in [5, 5.41) is 7.55. The molecule has 2 heterocycles. The molecule has 1 amide bonds. The second-order valence-corrected chi connectivity index (χ2v) is 9.44. The van der Waals surface area contributed by atoms with Crippen molar-refractivity contribution in [1.82, 2.24) is 4.98 Å². The zero-order chi connectivity index (χ0) is 18.2. The van der Waals surface area contributed by atoms with Gasteiger partial charge in [0.25, 0.3) is 5.91 Å². The molecular weight excluding hydrogens is 376 g/mol. The molecule has 0 aliphatic carbocycles. The van der Waals surface area contributed by atoms with Gasteiger partial charge in [-0.1, -0.05) is 6.07 Å². The molecule has 1 aromatic carbocycles. The number of benzene rings is 1. The predicted octanol–water partition coefficient (Wildman–Crippen LogP) is 4.14. The SMILES string of the molecule is Cc1ccc(S(C)(=O)=O)cc1NC(=O)c1sc(-c2ccsc2)nc1C. The van der Waals surface area contributed by atoms with E-state index in [1.165, 1.54) is 23.5 Å². The van der Waals surface area contributed by atoms with Gasteiger partial charge in [0.05, 0.1) is 10.6 Å². The van der Waals surface area contributed by atoms with Crippen LogP contribution in [0.5, 0.6) is 0 Å². The van der Waals surface area contributed by atoms with Crippen LogP contribution < -0.4 is 5.32 Å². The number of thiophene rings is 1. The highest BCUT2D eigenvalue weighted by Crippen LogP contribution is 2.30. The minimum atomic E-state index is -3.34. The summed E-state index contributed by atoms with van der Waals surface area (Å²) in [5.74, 6) is -0.287. The number of carbonyl (C=O) groups is 1. The first kappa shape index (κ1) is 17.8. The Balaban J connectivity index is 1.91. The van der Waals surface area contributed by atoms with Crippen molar-refractivity contribution in [2.75, 3.05) is 11.6 Å². The van der Waals surface area contributed by atoms with Crippen LogP contribution >= 0.6 is 22.7 Å². The van der Waals surface area contributed by atoms with Crippen LogP contribution in [0.3, 0.4) is 0 Å². The van der Waals surface area contributed by atoms with Crippen molar-refractivity contribution in [2.45, 2.75) is 18.7 Å². The fourth-order valence-corrected chi connectivity index (χ4v) is 4.58. The van der Waals surface area contributed by atoms with E-state index in [9.17, 15) is 13.2 Å². The minimum absolute atomic E-state index is 0.174. The normalized spacial score (nSPS) is 11.5. The van der Waals surface area contributed by atoms with Crippen molar-refractivity contribution in [2.24, 2.45) is 0 Å². The largest absolute Gasteiger partial charge is 0.321 e. The lowest BCUT2D eigenvalue weighted by Crippen LogP contribution is -2.13. The highest BCUT2D eigenvalue weighted by Gasteiger charge is 2.18. The average molecular weight is 393 g/mol. The molecule has 3 rings (SSSR count). The van der Waals surface area contributed by atoms with Crippen molar-refractivity contribution in [3.63, 3.8) is 0 Å². The maximum absolute atomic E-state index is 12.6. The Hall–Kier alpha value is -2.03. The predicted molar refractivity (Wildman–Crippen MR) is 102 cm³/mol. The molecule has 25 heavy (non-hydrogen) atoms. The number of nitrogens with one attached hydrogen (secondary N) is 1. The first-order valence-corrected chi connectivity index (χ1v) is 11.0. The number of aromatic nitrogens is 1. The van der Waals surface area contributed by atoms with Crippen molar-refractivity contribution in [3.05, 3.63) is 51.2 Å². The first-order chi connectivity index (χ1) is 11.8. The van der Waals surface area contributed by atoms with E-state index in [1.54, 1.807) is 24.3 Å². The average Bonchev–Trinajstić information content (AvgIpc) is 3.17. The minimum Gasteiger partial charge on any atom is -0.321 e. The molecule has 0 radical (unpaired) electrons. The van der Waals surface area contributed by atoms with Gasteiger partial charge in [-0.3, -0.25) is 4.79 Å². The van der Waals surface area contributed by atoms with Crippen LogP contribution in [0.25, 0.3) is 10.6 Å². The third-order valence-corrected chi connectivity index (χ3v) is 6.66. The number of carbonyl (C=O) groups excluding carboxylic acids is 1. The molecule has 0 spiro atoms. The molecule has 3 aromatic rings. The Labute approximate surface area is 154 Å². The molecule has 0 atom stereocenters. The van der Waals surface area contributed by atoms with Gasteiger partial charge in [0.1, 0.15) is 9.88 Å². The molecule has 5 nitrogen and oxygen atoms in total. The van der Waals surface area contributed by atoms with Crippen LogP contribution in [0.2, 0.25) is 0 Å². The van der Waals surface area contributed by atoms with Crippen LogP contribution in [0.15, 0.2) is 39.9 Å². The van der Waals surface area contributed by atoms with E-state index in [0.717, 1.165) is 22.4 Å². The fourth-order valence-electron chi connectivity index (χ4n) is 2.26. The summed E-state index contributed by atoms with van der Waals surface area (Å²) < 4.78 is 23.4. The van der Waals surface area contributed by atoms with Crippen molar-refractivity contribution >= 4 is 44.1 Å². The molecule has 8 heteroatoms. The van der Waals surface area contributed by atoms with Gasteiger partial charge in [0.2, 0.25) is 0 Å². The van der Waals surface area contributed by atoms with Gasteiger partial charge in [0.15, 0.2) is 9.84 Å². The van der Waals surface area contributed by atoms with Crippen LogP contribution in [-0.2, 0) is 9.84 Å². The molecule has 130 valence electrons. The van der Waals surface area contributed by atoms with Crippen LogP contribution in [-0.4, -0.2) is 25.6 Å². The van der Waals surface area contributed by atoms with Gasteiger partial charge in [-0.05, 0) is 43.0 Å². The molecule has 0 unspecified atom stereocenters. The smallest absolute Gasteiger partial charge is 0.267 e. The molecular formula is C17H16N2O3S3. The standard InChI is InChI=1S/C17H16N2O3S3/c1-10-4-5-13(25(3,21)22)8-14(10)19-16(20)15-11(2)18-17(24-15)12-6-7-23-9-12/h4-9H,1-3H3,(H,19,20). The quantitative estimate of drug-likeness (QED) is 0.724. The number of hydrogen-bond donors (Lipinski definition) is 1. The lowest BCUT2D eigenvalue weighted by molar-refractivity contribution is 0.102. The number of hydrogen-bond acceptors (Lipinski definition) is 6. The summed E-state index contributed by atoms with van der Waals surface area (Å²) in [6.07, 6.45) is 1.14. The Morgan fingerprint density at radius 2 is 1.96 bits per heavy atom. The fraction of sp³-hybridized carbons (Fsp3) is 0.176. The van der Waals surface area contributed by atoms with Crippen LogP contribution in [0.1, 0.15) is 20.9 Å². The number of aryl methyl sites for hydroxylation is 2. The Kier molecular flexibility index (Phi) is 4.77. The summed E-state index contributed by atoms with van der Waals surface area (Å²) in [6.45, 7) is 3.61. The number of sulfone groups is 1. The van der Waals surface area contributed by atoms with E-state index in [0.29, 0.717) is 16.3 Å². The topological polar surface area (TPSA) is 76.1 Å². The second kappa shape index (κ2) is 6.70. The summed E-state index contributed by atoms with van der Waals surface area (Å²) in [4.78, 5) is 17.8. The van der Waals surface area contributed by atoms with Gasteiger partial charge in [0, 0.05) is 22.9 Å². The number of thiazole rings is 1. The molecule has 2 aromatic heterocycles. The van der Waals surface area contributed by atoms with Crippen molar-refractivity contribution in [3.8, 4) is 10.6 Å². The maximum Gasteiger partial charge on any atom is 0.267 e. The van der Waals surface area contributed by atoms with Gasteiger partial charge >= 0.3 is 0 Å². The number of amides is 1. The maximum atomic E-state index is 12.6. The second-order valence-electron chi connectivity index (χ2n) is 5.65. The first-order valence-electron chi connectivity index (χ1n) is 7.38. The molecule has 0 aliphatic heterocycles. The Morgan fingerprint density at radius 1 is 1.20 bits per heavy atom. The molecule has 0 saturated heterocycles. The third kappa shape index (κ3) is 3.81. The lowest BCUT2D eigenvalue weighted by Gasteiger charge is -2.09. The highest BCUT2D eigenvalue weighted by molar-refractivity contribution is 7.90. The van der Waals surface area contributed by atoms with E-state index >= 15 is 0 Å². The van der Waals surface area contributed by atoms with Gasteiger partial charge in [-0.15, -0.1) is 11.3 Å². The third-order valence-electron chi connectivity index (χ3n) is 3.66. The van der Waals surface area contributed by atoms with Crippen molar-refractivity contribution < 1.29 is 13.2 Å². The van der Waals surface area contributed by atoms with E-state index in [1.807, 2.05) is 23.8 Å². The molecule has 1 N–H and O–H groups in total. The van der Waals surface area contributed by atoms with E-state index in [-0.39, 0.29) is 10.8 Å².